The normalized spacial score (nSPS) is 16.4. The van der Waals surface area contributed by atoms with Crippen molar-refractivity contribution in [1.29, 1.82) is 0 Å². The van der Waals surface area contributed by atoms with Gasteiger partial charge in [0.25, 0.3) is 0 Å². The Balaban J connectivity index is 2.12. The van der Waals surface area contributed by atoms with Gasteiger partial charge in [0.15, 0.2) is 0 Å². The summed E-state index contributed by atoms with van der Waals surface area (Å²) < 4.78 is 0. The van der Waals surface area contributed by atoms with Gasteiger partial charge in [-0.2, -0.15) is 0 Å². The van der Waals surface area contributed by atoms with Gasteiger partial charge in [-0.1, -0.05) is 0 Å². The van der Waals surface area contributed by atoms with Crippen LogP contribution in [-0.4, -0.2) is 34.1 Å². The van der Waals surface area contributed by atoms with Crippen LogP contribution in [0.3, 0.4) is 0 Å². The number of aromatic carboxylic acids is 1. The van der Waals surface area contributed by atoms with E-state index in [9.17, 15) is 9.90 Å². The zero-order chi connectivity index (χ0) is 14.4. The molecule has 0 saturated heterocycles. The second-order valence-electron chi connectivity index (χ2n) is 5.43. The van der Waals surface area contributed by atoms with Crippen LogP contribution in [0.15, 0.2) is 6.33 Å². The molecule has 2 aromatic rings. The van der Waals surface area contributed by atoms with Crippen molar-refractivity contribution in [2.75, 3.05) is 11.9 Å². The van der Waals surface area contributed by atoms with Crippen LogP contribution in [0.1, 0.15) is 35.0 Å². The summed E-state index contributed by atoms with van der Waals surface area (Å²) in [6.45, 7) is 4.04. The Bertz CT molecular complexity index is 678. The second-order valence-corrected chi connectivity index (χ2v) is 6.43. The predicted molar refractivity (Wildman–Crippen MR) is 79.7 cm³/mol. The fraction of sp³-hybridized carbons (Fsp3) is 0.500. The molecule has 0 spiro atoms. The summed E-state index contributed by atoms with van der Waals surface area (Å²) in [6.07, 6.45) is 4.06. The first kappa shape index (κ1) is 13.3. The Morgan fingerprint density at radius 3 is 2.80 bits per heavy atom. The van der Waals surface area contributed by atoms with E-state index in [0.29, 0.717) is 10.9 Å². The highest BCUT2D eigenvalue weighted by Gasteiger charge is 2.32. The number of carboxylic acids is 1. The molecular weight excluding hydrogens is 274 g/mol. The van der Waals surface area contributed by atoms with Gasteiger partial charge in [-0.05, 0) is 38.2 Å². The van der Waals surface area contributed by atoms with E-state index in [2.05, 4.69) is 21.8 Å². The molecule has 5 nitrogen and oxygen atoms in total. The maximum Gasteiger partial charge on any atom is 0.346 e. The van der Waals surface area contributed by atoms with Crippen molar-refractivity contribution in [2.24, 2.45) is 5.92 Å². The highest BCUT2D eigenvalue weighted by molar-refractivity contribution is 7.20. The minimum Gasteiger partial charge on any atom is -0.477 e. The molecule has 3 rings (SSSR count). The molecule has 0 aromatic carbocycles. The van der Waals surface area contributed by atoms with Crippen molar-refractivity contribution in [3.63, 3.8) is 0 Å². The molecule has 1 fully saturated rings. The molecule has 1 saturated carbocycles. The van der Waals surface area contributed by atoms with Gasteiger partial charge in [0.1, 0.15) is 21.9 Å². The molecular formula is C14H17N3O2S. The molecule has 1 aliphatic rings. The lowest BCUT2D eigenvalue weighted by Gasteiger charge is -2.26. The van der Waals surface area contributed by atoms with Crippen LogP contribution >= 0.6 is 11.3 Å². The van der Waals surface area contributed by atoms with Gasteiger partial charge in [0.05, 0.1) is 5.39 Å². The van der Waals surface area contributed by atoms with E-state index in [1.807, 2.05) is 14.0 Å². The molecule has 20 heavy (non-hydrogen) atoms. The van der Waals surface area contributed by atoms with Crippen LogP contribution in [0.2, 0.25) is 0 Å². The lowest BCUT2D eigenvalue weighted by Crippen LogP contribution is -2.31. The number of carbonyl (C=O) groups is 1. The lowest BCUT2D eigenvalue weighted by atomic mass is 10.1. The van der Waals surface area contributed by atoms with E-state index in [1.165, 1.54) is 30.5 Å². The Kier molecular flexibility index (Phi) is 3.12. The Labute approximate surface area is 121 Å². The van der Waals surface area contributed by atoms with E-state index < -0.39 is 5.97 Å². The smallest absolute Gasteiger partial charge is 0.346 e. The largest absolute Gasteiger partial charge is 0.477 e. The van der Waals surface area contributed by atoms with Crippen molar-refractivity contribution in [2.45, 2.75) is 32.7 Å². The van der Waals surface area contributed by atoms with Crippen LogP contribution in [0.5, 0.6) is 0 Å². The fourth-order valence-electron chi connectivity index (χ4n) is 2.61. The van der Waals surface area contributed by atoms with E-state index in [4.69, 9.17) is 0 Å². The zero-order valence-electron chi connectivity index (χ0n) is 11.8. The molecule has 0 bridgehead atoms. The number of hydrogen-bond acceptors (Lipinski definition) is 5. The summed E-state index contributed by atoms with van der Waals surface area (Å²) in [5.74, 6) is 0.674. The summed E-state index contributed by atoms with van der Waals surface area (Å²) in [5, 5.41) is 10.1. The summed E-state index contributed by atoms with van der Waals surface area (Å²) in [6, 6.07) is 0.417. The van der Waals surface area contributed by atoms with Gasteiger partial charge in [-0.3, -0.25) is 0 Å². The van der Waals surface area contributed by atoms with Gasteiger partial charge in [-0.25, -0.2) is 14.8 Å². The first-order valence-electron chi connectivity index (χ1n) is 6.71. The number of hydrogen-bond donors (Lipinski definition) is 1. The van der Waals surface area contributed by atoms with Crippen LogP contribution in [0.25, 0.3) is 10.2 Å². The summed E-state index contributed by atoms with van der Waals surface area (Å²) in [5.41, 5.74) is 0.767. The molecule has 0 amide bonds. The summed E-state index contributed by atoms with van der Waals surface area (Å²) in [7, 11) is 2.03. The minimum absolute atomic E-state index is 0.356. The molecule has 1 aliphatic carbocycles. The lowest BCUT2D eigenvalue weighted by molar-refractivity contribution is 0.0701. The first-order chi connectivity index (χ1) is 9.50. The number of carboxylic acid groups (broad SMARTS) is 1. The van der Waals surface area contributed by atoms with E-state index in [-0.39, 0.29) is 0 Å². The van der Waals surface area contributed by atoms with Gasteiger partial charge >= 0.3 is 5.97 Å². The number of thiophene rings is 1. The maximum absolute atomic E-state index is 11.3. The Morgan fingerprint density at radius 1 is 1.50 bits per heavy atom. The van der Waals surface area contributed by atoms with Crippen LogP contribution in [0, 0.1) is 12.8 Å². The van der Waals surface area contributed by atoms with Crippen molar-refractivity contribution >= 4 is 33.3 Å². The Hall–Kier alpha value is -1.69. The van der Waals surface area contributed by atoms with Gasteiger partial charge in [0.2, 0.25) is 0 Å². The van der Waals surface area contributed by atoms with Crippen LogP contribution < -0.4 is 4.90 Å². The highest BCUT2D eigenvalue weighted by Crippen LogP contribution is 2.39. The number of aromatic nitrogens is 2. The van der Waals surface area contributed by atoms with Crippen molar-refractivity contribution in [3.05, 3.63) is 16.8 Å². The molecule has 1 unspecified atom stereocenters. The molecule has 1 atom stereocenters. The van der Waals surface area contributed by atoms with Gasteiger partial charge < -0.3 is 10.0 Å². The van der Waals surface area contributed by atoms with Crippen molar-refractivity contribution in [1.82, 2.24) is 9.97 Å². The third-order valence-electron chi connectivity index (χ3n) is 4.15. The highest BCUT2D eigenvalue weighted by atomic mass is 32.1. The van der Waals surface area contributed by atoms with E-state index >= 15 is 0 Å². The maximum atomic E-state index is 11.3. The average molecular weight is 291 g/mol. The molecule has 106 valence electrons. The minimum atomic E-state index is -0.894. The quantitative estimate of drug-likeness (QED) is 0.938. The SMILES string of the molecule is Cc1c(C(=O)O)sc2ncnc(N(C)C(C)C3CC3)c12. The number of aryl methyl sites for hydroxylation is 1. The number of nitrogens with zero attached hydrogens (tertiary/aromatic N) is 3. The molecule has 2 aromatic heterocycles. The average Bonchev–Trinajstić information content (AvgIpc) is 3.21. The molecule has 1 N–H and O–H groups in total. The molecule has 6 heteroatoms. The first-order valence-corrected chi connectivity index (χ1v) is 7.52. The van der Waals surface area contributed by atoms with Crippen LogP contribution in [-0.2, 0) is 0 Å². The predicted octanol–water partition coefficient (Wildman–Crippen LogP) is 2.93. The topological polar surface area (TPSA) is 66.3 Å². The molecule has 0 radical (unpaired) electrons. The van der Waals surface area contributed by atoms with Gasteiger partial charge in [0, 0.05) is 13.1 Å². The number of anilines is 1. The Morgan fingerprint density at radius 2 is 2.20 bits per heavy atom. The summed E-state index contributed by atoms with van der Waals surface area (Å²) >= 11 is 1.22. The molecule has 0 aliphatic heterocycles. The summed E-state index contributed by atoms with van der Waals surface area (Å²) in [4.78, 5) is 23.2. The third kappa shape index (κ3) is 2.04. The number of rotatable bonds is 4. The fourth-order valence-corrected chi connectivity index (χ4v) is 3.59. The van der Waals surface area contributed by atoms with Crippen molar-refractivity contribution < 1.29 is 9.90 Å². The zero-order valence-corrected chi connectivity index (χ0v) is 12.6. The van der Waals surface area contributed by atoms with E-state index in [0.717, 1.165) is 27.5 Å². The standard InChI is InChI=1S/C14H17N3O2S/c1-7-10-12(17(3)8(2)9-4-5-9)15-6-16-13(10)20-11(7)14(18)19/h6,8-9H,4-5H2,1-3H3,(H,18,19). The van der Waals surface area contributed by atoms with Crippen LogP contribution in [0.4, 0.5) is 5.82 Å². The molecule has 2 heterocycles. The number of fused-ring (bicyclic) bond motifs is 1. The third-order valence-corrected chi connectivity index (χ3v) is 5.34. The monoisotopic (exact) mass is 291 g/mol. The van der Waals surface area contributed by atoms with Gasteiger partial charge in [-0.15, -0.1) is 11.3 Å². The van der Waals surface area contributed by atoms with E-state index in [1.54, 1.807) is 0 Å². The van der Waals surface area contributed by atoms with Crippen molar-refractivity contribution in [3.8, 4) is 0 Å². The second kappa shape index (κ2) is 4.70.